The Balaban J connectivity index is 3.05. The number of hydrogen-bond acceptors (Lipinski definition) is 2. The second kappa shape index (κ2) is 5.69. The average Bonchev–Trinajstić information content (AvgIpc) is 2.28. The van der Waals surface area contributed by atoms with Gasteiger partial charge in [-0.3, -0.25) is 0 Å². The van der Waals surface area contributed by atoms with E-state index < -0.39 is 17.3 Å². The normalized spacial score (nSPS) is 10.6. The number of hydrogen-bond donors (Lipinski definition) is 2. The fraction of sp³-hybridized carbons (Fsp3) is 0.273. The van der Waals surface area contributed by atoms with Crippen molar-refractivity contribution in [1.82, 2.24) is 5.32 Å². The second-order valence-corrected chi connectivity index (χ2v) is 3.76. The number of halogens is 3. The molecule has 0 fully saturated rings. The van der Waals surface area contributed by atoms with E-state index in [4.69, 9.17) is 17.5 Å². The second-order valence-electron chi connectivity index (χ2n) is 3.35. The van der Waals surface area contributed by atoms with Crippen molar-refractivity contribution in [3.8, 4) is 6.07 Å². The SMILES string of the molecule is CCNC(=S)Nc1ccc(C#N)c(C(F)(F)F)c1. The molecule has 0 aromatic heterocycles. The van der Waals surface area contributed by atoms with Crippen molar-refractivity contribution in [2.45, 2.75) is 13.1 Å². The Hall–Kier alpha value is -1.81. The molecule has 1 rings (SSSR count). The average molecular weight is 273 g/mol. The first kappa shape index (κ1) is 14.3. The van der Waals surface area contributed by atoms with Crippen molar-refractivity contribution in [2.75, 3.05) is 11.9 Å². The van der Waals surface area contributed by atoms with E-state index in [-0.39, 0.29) is 10.8 Å². The van der Waals surface area contributed by atoms with Gasteiger partial charge in [-0.1, -0.05) is 0 Å². The molecule has 0 radical (unpaired) electrons. The molecule has 0 amide bonds. The summed E-state index contributed by atoms with van der Waals surface area (Å²) in [5.74, 6) is 0. The van der Waals surface area contributed by atoms with Crippen LogP contribution in [0.3, 0.4) is 0 Å². The smallest absolute Gasteiger partial charge is 0.363 e. The van der Waals surface area contributed by atoms with Crippen LogP contribution in [0.15, 0.2) is 18.2 Å². The van der Waals surface area contributed by atoms with Gasteiger partial charge in [0.2, 0.25) is 0 Å². The lowest BCUT2D eigenvalue weighted by Crippen LogP contribution is -2.28. The Morgan fingerprint density at radius 1 is 1.44 bits per heavy atom. The number of alkyl halides is 3. The fourth-order valence-corrected chi connectivity index (χ4v) is 1.55. The molecule has 0 aliphatic heterocycles. The van der Waals surface area contributed by atoms with Gasteiger partial charge >= 0.3 is 6.18 Å². The van der Waals surface area contributed by atoms with Crippen molar-refractivity contribution in [2.24, 2.45) is 0 Å². The van der Waals surface area contributed by atoms with Gasteiger partial charge in [-0.2, -0.15) is 18.4 Å². The van der Waals surface area contributed by atoms with Crippen LogP contribution in [0.4, 0.5) is 18.9 Å². The minimum atomic E-state index is -4.57. The maximum atomic E-state index is 12.7. The summed E-state index contributed by atoms with van der Waals surface area (Å²) in [5, 5.41) is 14.2. The molecule has 2 N–H and O–H groups in total. The van der Waals surface area contributed by atoms with E-state index in [1.54, 1.807) is 0 Å². The van der Waals surface area contributed by atoms with Gasteiger partial charge in [-0.15, -0.1) is 0 Å². The zero-order valence-corrected chi connectivity index (χ0v) is 10.2. The standard InChI is InChI=1S/C11H10F3N3S/c1-2-16-10(18)17-8-4-3-7(6-15)9(5-8)11(12,13)14/h3-5H,2H2,1H3,(H2,16,17,18). The maximum absolute atomic E-state index is 12.7. The van der Waals surface area contributed by atoms with Crippen LogP contribution in [0.25, 0.3) is 0 Å². The maximum Gasteiger partial charge on any atom is 0.417 e. The predicted molar refractivity (Wildman–Crippen MR) is 66.1 cm³/mol. The summed E-state index contributed by atoms with van der Waals surface area (Å²) in [7, 11) is 0. The summed E-state index contributed by atoms with van der Waals surface area (Å²) < 4.78 is 38.0. The fourth-order valence-electron chi connectivity index (χ4n) is 1.29. The number of nitrogens with zero attached hydrogens (tertiary/aromatic N) is 1. The molecule has 0 bridgehead atoms. The molecule has 1 aromatic rings. The van der Waals surface area contributed by atoms with E-state index in [2.05, 4.69) is 10.6 Å². The molecule has 0 saturated heterocycles. The lowest BCUT2D eigenvalue weighted by molar-refractivity contribution is -0.137. The zero-order chi connectivity index (χ0) is 13.8. The molecule has 0 saturated carbocycles. The van der Waals surface area contributed by atoms with Crippen molar-refractivity contribution in [1.29, 1.82) is 5.26 Å². The van der Waals surface area contributed by atoms with E-state index >= 15 is 0 Å². The molecule has 7 heteroatoms. The van der Waals surface area contributed by atoms with Gasteiger partial charge in [-0.05, 0) is 37.3 Å². The van der Waals surface area contributed by atoms with E-state index in [9.17, 15) is 13.2 Å². The van der Waals surface area contributed by atoms with Crippen LogP contribution in [-0.2, 0) is 6.18 Å². The van der Waals surface area contributed by atoms with Crippen LogP contribution in [0.1, 0.15) is 18.1 Å². The lowest BCUT2D eigenvalue weighted by atomic mass is 10.1. The van der Waals surface area contributed by atoms with E-state index in [1.807, 2.05) is 6.92 Å². The van der Waals surface area contributed by atoms with Crippen LogP contribution in [0, 0.1) is 11.3 Å². The first-order valence-corrected chi connectivity index (χ1v) is 5.45. The number of nitrogens with one attached hydrogen (secondary N) is 2. The predicted octanol–water partition coefficient (Wildman–Crippen LogP) is 2.88. The number of thiocarbonyl (C=S) groups is 1. The molecule has 0 aliphatic rings. The molecule has 0 spiro atoms. The molecule has 3 nitrogen and oxygen atoms in total. The van der Waals surface area contributed by atoms with Gasteiger partial charge in [0.25, 0.3) is 0 Å². The molecule has 18 heavy (non-hydrogen) atoms. The number of anilines is 1. The largest absolute Gasteiger partial charge is 0.417 e. The quantitative estimate of drug-likeness (QED) is 0.813. The number of nitriles is 1. The summed E-state index contributed by atoms with van der Waals surface area (Å²) in [4.78, 5) is 0. The minimum absolute atomic E-state index is 0.187. The highest BCUT2D eigenvalue weighted by molar-refractivity contribution is 7.80. The van der Waals surface area contributed by atoms with Gasteiger partial charge < -0.3 is 10.6 Å². The van der Waals surface area contributed by atoms with E-state index in [0.717, 1.165) is 12.1 Å². The molecule has 96 valence electrons. The molecule has 0 heterocycles. The van der Waals surface area contributed by atoms with Crippen molar-refractivity contribution in [3.63, 3.8) is 0 Å². The van der Waals surface area contributed by atoms with E-state index in [0.29, 0.717) is 6.54 Å². The van der Waals surface area contributed by atoms with Crippen LogP contribution in [0.2, 0.25) is 0 Å². The van der Waals surface area contributed by atoms with Crippen molar-refractivity contribution in [3.05, 3.63) is 29.3 Å². The molecule has 1 aromatic carbocycles. The summed E-state index contributed by atoms with van der Waals surface area (Å²) in [6.07, 6.45) is -4.57. The molecule has 0 unspecified atom stereocenters. The third kappa shape index (κ3) is 3.60. The lowest BCUT2D eigenvalue weighted by Gasteiger charge is -2.13. The highest BCUT2D eigenvalue weighted by Crippen LogP contribution is 2.33. The van der Waals surface area contributed by atoms with Gasteiger partial charge in [-0.25, -0.2) is 0 Å². The Labute approximate surface area is 108 Å². The van der Waals surface area contributed by atoms with Crippen molar-refractivity contribution < 1.29 is 13.2 Å². The number of benzene rings is 1. The van der Waals surface area contributed by atoms with E-state index in [1.165, 1.54) is 12.1 Å². The summed E-state index contributed by atoms with van der Waals surface area (Å²) in [5.41, 5.74) is -1.20. The minimum Gasteiger partial charge on any atom is -0.363 e. The molecule has 0 atom stereocenters. The van der Waals surface area contributed by atoms with Gasteiger partial charge in [0.1, 0.15) is 0 Å². The molecule has 0 aliphatic carbocycles. The topological polar surface area (TPSA) is 47.8 Å². The Morgan fingerprint density at radius 3 is 2.61 bits per heavy atom. The van der Waals surface area contributed by atoms with Crippen LogP contribution in [0.5, 0.6) is 0 Å². The Kier molecular flexibility index (Phi) is 4.50. The third-order valence-corrected chi connectivity index (χ3v) is 2.29. The summed E-state index contributed by atoms with van der Waals surface area (Å²) in [6.45, 7) is 2.38. The number of rotatable bonds is 2. The van der Waals surface area contributed by atoms with Crippen molar-refractivity contribution >= 4 is 23.0 Å². The van der Waals surface area contributed by atoms with Crippen LogP contribution >= 0.6 is 12.2 Å². The third-order valence-electron chi connectivity index (χ3n) is 2.04. The summed E-state index contributed by atoms with van der Waals surface area (Å²) >= 11 is 4.86. The first-order chi connectivity index (χ1) is 8.38. The van der Waals surface area contributed by atoms with Gasteiger partial charge in [0.15, 0.2) is 5.11 Å². The zero-order valence-electron chi connectivity index (χ0n) is 9.43. The first-order valence-electron chi connectivity index (χ1n) is 5.04. The van der Waals surface area contributed by atoms with Crippen LogP contribution < -0.4 is 10.6 Å². The van der Waals surface area contributed by atoms with Gasteiger partial charge in [0, 0.05) is 12.2 Å². The monoisotopic (exact) mass is 273 g/mol. The van der Waals surface area contributed by atoms with Crippen LogP contribution in [-0.4, -0.2) is 11.7 Å². The Bertz CT molecular complexity index is 491. The summed E-state index contributed by atoms with van der Waals surface area (Å²) in [6, 6.07) is 4.86. The highest BCUT2D eigenvalue weighted by atomic mass is 32.1. The molecular formula is C11H10F3N3S. The molecular weight excluding hydrogens is 263 g/mol. The Morgan fingerprint density at radius 2 is 2.11 bits per heavy atom. The van der Waals surface area contributed by atoms with Gasteiger partial charge in [0.05, 0.1) is 17.2 Å². The highest BCUT2D eigenvalue weighted by Gasteiger charge is 2.33.